The van der Waals surface area contributed by atoms with E-state index in [1.165, 1.54) is 4.88 Å². The molecule has 0 amide bonds. The molecule has 0 spiro atoms. The van der Waals surface area contributed by atoms with Crippen LogP contribution in [0.15, 0.2) is 6.20 Å². The lowest BCUT2D eigenvalue weighted by molar-refractivity contribution is 0.196. The van der Waals surface area contributed by atoms with Crippen LogP contribution < -0.4 is 5.32 Å². The highest BCUT2D eigenvalue weighted by atomic mass is 32.1. The summed E-state index contributed by atoms with van der Waals surface area (Å²) < 4.78 is 4.95. The molecular formula is C9H16N2OS. The summed E-state index contributed by atoms with van der Waals surface area (Å²) >= 11 is 1.74. The van der Waals surface area contributed by atoms with Crippen LogP contribution in [0.1, 0.15) is 22.9 Å². The van der Waals surface area contributed by atoms with Crippen molar-refractivity contribution in [1.29, 1.82) is 0 Å². The van der Waals surface area contributed by atoms with Crippen molar-refractivity contribution >= 4 is 11.3 Å². The van der Waals surface area contributed by atoms with Crippen LogP contribution in [0.5, 0.6) is 0 Å². The number of nitrogens with zero attached hydrogens (tertiary/aromatic N) is 1. The lowest BCUT2D eigenvalue weighted by atomic mass is 10.3. The Hall–Kier alpha value is -0.450. The fourth-order valence-corrected chi connectivity index (χ4v) is 1.84. The van der Waals surface area contributed by atoms with E-state index in [-0.39, 0.29) is 0 Å². The number of nitrogens with one attached hydrogen (secondary N) is 1. The van der Waals surface area contributed by atoms with E-state index < -0.39 is 0 Å². The minimum atomic E-state index is 0.328. The van der Waals surface area contributed by atoms with Crippen molar-refractivity contribution in [3.05, 3.63) is 16.1 Å². The minimum absolute atomic E-state index is 0.328. The van der Waals surface area contributed by atoms with E-state index in [0.717, 1.165) is 18.2 Å². The highest BCUT2D eigenvalue weighted by Gasteiger charge is 2.07. The van der Waals surface area contributed by atoms with Crippen LogP contribution >= 0.6 is 11.3 Å². The molecule has 0 saturated heterocycles. The molecule has 0 fully saturated rings. The van der Waals surface area contributed by atoms with Crippen LogP contribution in [0.3, 0.4) is 0 Å². The van der Waals surface area contributed by atoms with Gasteiger partial charge in [0.15, 0.2) is 0 Å². The van der Waals surface area contributed by atoms with E-state index in [2.05, 4.69) is 24.1 Å². The van der Waals surface area contributed by atoms with Crippen molar-refractivity contribution in [2.75, 3.05) is 20.3 Å². The number of aryl methyl sites for hydroxylation is 1. The average Bonchev–Trinajstić information content (AvgIpc) is 2.52. The Morgan fingerprint density at radius 2 is 2.46 bits per heavy atom. The van der Waals surface area contributed by atoms with Crippen molar-refractivity contribution < 1.29 is 4.74 Å². The Bertz CT molecular complexity index is 250. The summed E-state index contributed by atoms with van der Waals surface area (Å²) in [6, 6.07) is 0.328. The predicted molar refractivity (Wildman–Crippen MR) is 55.1 cm³/mol. The zero-order chi connectivity index (χ0) is 9.68. The van der Waals surface area contributed by atoms with Gasteiger partial charge in [-0.25, -0.2) is 4.98 Å². The maximum atomic E-state index is 4.95. The van der Waals surface area contributed by atoms with Crippen LogP contribution in [0.4, 0.5) is 0 Å². The van der Waals surface area contributed by atoms with Gasteiger partial charge < -0.3 is 10.1 Å². The molecule has 13 heavy (non-hydrogen) atoms. The molecule has 0 aliphatic rings. The number of ether oxygens (including phenoxy) is 1. The predicted octanol–water partition coefficient (Wildman–Crippen LogP) is 1.75. The largest absolute Gasteiger partial charge is 0.383 e. The molecule has 0 aromatic carbocycles. The standard InChI is InChI=1S/C9H16N2OS/c1-7-6-11-9(13-7)8(2)10-4-5-12-3/h6,8,10H,4-5H2,1-3H3. The van der Waals surface area contributed by atoms with E-state index in [1.807, 2.05) is 6.20 Å². The molecule has 0 radical (unpaired) electrons. The third kappa shape index (κ3) is 3.42. The van der Waals surface area contributed by atoms with Gasteiger partial charge in [-0.05, 0) is 13.8 Å². The molecule has 4 heteroatoms. The molecule has 1 atom stereocenters. The second-order valence-electron chi connectivity index (χ2n) is 2.98. The number of rotatable bonds is 5. The van der Waals surface area contributed by atoms with Gasteiger partial charge in [-0.3, -0.25) is 0 Å². The topological polar surface area (TPSA) is 34.1 Å². The average molecular weight is 200 g/mol. The first-order valence-corrected chi connectivity index (χ1v) is 5.20. The zero-order valence-corrected chi connectivity index (χ0v) is 9.15. The number of methoxy groups -OCH3 is 1. The lowest BCUT2D eigenvalue weighted by Crippen LogP contribution is -2.22. The first kappa shape index (κ1) is 10.6. The van der Waals surface area contributed by atoms with E-state index in [1.54, 1.807) is 18.4 Å². The third-order valence-electron chi connectivity index (χ3n) is 1.77. The molecule has 1 unspecified atom stereocenters. The fourth-order valence-electron chi connectivity index (χ4n) is 1.04. The number of aromatic nitrogens is 1. The van der Waals surface area contributed by atoms with Gasteiger partial charge in [0, 0.05) is 24.7 Å². The normalized spacial score (nSPS) is 13.2. The first-order chi connectivity index (χ1) is 6.24. The van der Waals surface area contributed by atoms with E-state index in [0.29, 0.717) is 6.04 Å². The molecule has 0 aliphatic heterocycles. The maximum absolute atomic E-state index is 4.95. The summed E-state index contributed by atoms with van der Waals surface area (Å²) in [7, 11) is 1.71. The summed E-state index contributed by atoms with van der Waals surface area (Å²) in [5, 5.41) is 4.48. The van der Waals surface area contributed by atoms with Gasteiger partial charge in [0.05, 0.1) is 12.6 Å². The molecule has 1 rings (SSSR count). The van der Waals surface area contributed by atoms with Gasteiger partial charge >= 0.3 is 0 Å². The van der Waals surface area contributed by atoms with Gasteiger partial charge in [0.25, 0.3) is 0 Å². The molecule has 3 nitrogen and oxygen atoms in total. The summed E-state index contributed by atoms with van der Waals surface area (Å²) in [6.45, 7) is 5.81. The monoisotopic (exact) mass is 200 g/mol. The smallest absolute Gasteiger partial charge is 0.109 e. The zero-order valence-electron chi connectivity index (χ0n) is 8.33. The van der Waals surface area contributed by atoms with Gasteiger partial charge in [-0.1, -0.05) is 0 Å². The van der Waals surface area contributed by atoms with Crippen LogP contribution in [0, 0.1) is 6.92 Å². The summed E-state index contributed by atoms with van der Waals surface area (Å²) in [6.07, 6.45) is 1.91. The SMILES string of the molecule is COCCNC(C)c1ncc(C)s1. The van der Waals surface area contributed by atoms with Crippen LogP contribution in [0.25, 0.3) is 0 Å². The first-order valence-electron chi connectivity index (χ1n) is 4.38. The Labute approximate surface area is 83.1 Å². The van der Waals surface area contributed by atoms with Gasteiger partial charge in [-0.15, -0.1) is 11.3 Å². The van der Waals surface area contributed by atoms with Gasteiger partial charge in [-0.2, -0.15) is 0 Å². The third-order valence-corrected chi connectivity index (χ3v) is 2.86. The highest BCUT2D eigenvalue weighted by molar-refractivity contribution is 7.11. The molecule has 1 aromatic rings. The van der Waals surface area contributed by atoms with Crippen molar-refractivity contribution in [2.45, 2.75) is 19.9 Å². The molecule has 74 valence electrons. The van der Waals surface area contributed by atoms with E-state index >= 15 is 0 Å². The Morgan fingerprint density at radius 3 is 3.00 bits per heavy atom. The van der Waals surface area contributed by atoms with E-state index in [9.17, 15) is 0 Å². The fraction of sp³-hybridized carbons (Fsp3) is 0.667. The number of thiazole rings is 1. The quantitative estimate of drug-likeness (QED) is 0.735. The Balaban J connectivity index is 2.35. The van der Waals surface area contributed by atoms with Gasteiger partial charge in [0.2, 0.25) is 0 Å². The molecule has 1 aromatic heterocycles. The van der Waals surface area contributed by atoms with Crippen LogP contribution in [-0.4, -0.2) is 25.2 Å². The van der Waals surface area contributed by atoms with Crippen molar-refractivity contribution in [3.63, 3.8) is 0 Å². The van der Waals surface area contributed by atoms with Crippen LogP contribution in [0.2, 0.25) is 0 Å². The molecular weight excluding hydrogens is 184 g/mol. The minimum Gasteiger partial charge on any atom is -0.383 e. The second-order valence-corrected chi connectivity index (χ2v) is 4.24. The van der Waals surface area contributed by atoms with Crippen molar-refractivity contribution in [2.24, 2.45) is 0 Å². The lowest BCUT2D eigenvalue weighted by Gasteiger charge is -2.09. The highest BCUT2D eigenvalue weighted by Crippen LogP contribution is 2.18. The van der Waals surface area contributed by atoms with Crippen molar-refractivity contribution in [1.82, 2.24) is 10.3 Å². The molecule has 1 N–H and O–H groups in total. The Morgan fingerprint density at radius 1 is 1.69 bits per heavy atom. The number of hydrogen-bond donors (Lipinski definition) is 1. The summed E-state index contributed by atoms with van der Waals surface area (Å²) in [5.74, 6) is 0. The van der Waals surface area contributed by atoms with Crippen LogP contribution in [-0.2, 0) is 4.74 Å². The number of hydrogen-bond acceptors (Lipinski definition) is 4. The Kier molecular flexibility index (Phi) is 4.35. The van der Waals surface area contributed by atoms with E-state index in [4.69, 9.17) is 4.74 Å². The summed E-state index contributed by atoms with van der Waals surface area (Å²) in [4.78, 5) is 5.57. The summed E-state index contributed by atoms with van der Waals surface area (Å²) in [5.41, 5.74) is 0. The molecule has 0 bridgehead atoms. The molecule has 0 saturated carbocycles. The van der Waals surface area contributed by atoms with Crippen molar-refractivity contribution in [3.8, 4) is 0 Å². The molecule has 1 heterocycles. The maximum Gasteiger partial charge on any atom is 0.109 e. The molecule has 0 aliphatic carbocycles. The van der Waals surface area contributed by atoms with Gasteiger partial charge in [0.1, 0.15) is 5.01 Å². The second kappa shape index (κ2) is 5.32.